The minimum Gasteiger partial charge on any atom is -0.295 e. The lowest BCUT2D eigenvalue weighted by atomic mass is 10.3. The van der Waals surface area contributed by atoms with Gasteiger partial charge in [-0.05, 0) is 26.8 Å². The largest absolute Gasteiger partial charge is 0.295 e. The predicted molar refractivity (Wildman–Crippen MR) is 41.5 cm³/mol. The van der Waals surface area contributed by atoms with E-state index in [1.54, 1.807) is 13.0 Å². The Morgan fingerprint density at radius 1 is 1.11 bits per heavy atom. The fourth-order valence-corrected chi connectivity index (χ4v) is 0.407. The molecule has 9 heavy (non-hydrogen) atoms. The first kappa shape index (κ1) is 11.2. The highest BCUT2D eigenvalue weighted by Gasteiger charge is 1.80. The van der Waals surface area contributed by atoms with E-state index in [2.05, 4.69) is 0 Å². The summed E-state index contributed by atoms with van der Waals surface area (Å²) in [6, 6.07) is 0. The zero-order chi connectivity index (χ0) is 7.86. The topological polar surface area (TPSA) is 17.1 Å². The van der Waals surface area contributed by atoms with E-state index in [0.717, 1.165) is 5.57 Å². The number of rotatable bonds is 1. The van der Waals surface area contributed by atoms with Crippen molar-refractivity contribution in [3.63, 3.8) is 0 Å². The van der Waals surface area contributed by atoms with E-state index in [1.807, 2.05) is 27.7 Å². The molecule has 0 atom stereocenters. The smallest absolute Gasteiger partial charge is 0.152 e. The van der Waals surface area contributed by atoms with Gasteiger partial charge in [0, 0.05) is 0 Å². The second-order valence-corrected chi connectivity index (χ2v) is 1.83. The molecule has 0 aromatic carbocycles. The zero-order valence-corrected chi connectivity index (χ0v) is 6.99. The summed E-state index contributed by atoms with van der Waals surface area (Å²) >= 11 is 0. The highest BCUT2D eigenvalue weighted by atomic mass is 16.1. The van der Waals surface area contributed by atoms with Gasteiger partial charge >= 0.3 is 0 Å². The molecule has 0 amide bonds. The molecule has 0 fully saturated rings. The molecule has 0 aromatic heterocycles. The molecule has 1 nitrogen and oxygen atoms in total. The van der Waals surface area contributed by atoms with Gasteiger partial charge in [-0.3, -0.25) is 4.79 Å². The van der Waals surface area contributed by atoms with E-state index in [1.165, 1.54) is 0 Å². The molecule has 0 aliphatic heterocycles. The first-order valence-electron chi connectivity index (χ1n) is 3.28. The van der Waals surface area contributed by atoms with Gasteiger partial charge in [0.25, 0.3) is 0 Å². The lowest BCUT2D eigenvalue weighted by molar-refractivity contribution is -0.112. The van der Waals surface area contributed by atoms with Crippen molar-refractivity contribution in [2.45, 2.75) is 34.6 Å². The van der Waals surface area contributed by atoms with E-state index in [-0.39, 0.29) is 5.78 Å². The third kappa shape index (κ3) is 18.7. The summed E-state index contributed by atoms with van der Waals surface area (Å²) in [5.41, 5.74) is 1.06. The van der Waals surface area contributed by atoms with Crippen molar-refractivity contribution >= 4 is 5.78 Å². The average Bonchev–Trinajstić information content (AvgIpc) is 1.68. The SMILES string of the molecule is CC.CC(=O)C=C(C)C. The summed E-state index contributed by atoms with van der Waals surface area (Å²) in [5, 5.41) is 0. The quantitative estimate of drug-likeness (QED) is 0.496. The first-order valence-corrected chi connectivity index (χ1v) is 3.28. The fourth-order valence-electron chi connectivity index (χ4n) is 0.407. The highest BCUT2D eigenvalue weighted by molar-refractivity contribution is 5.87. The van der Waals surface area contributed by atoms with Gasteiger partial charge in [0.1, 0.15) is 0 Å². The summed E-state index contributed by atoms with van der Waals surface area (Å²) < 4.78 is 0. The van der Waals surface area contributed by atoms with Crippen LogP contribution in [0.5, 0.6) is 0 Å². The van der Waals surface area contributed by atoms with Gasteiger partial charge in [-0.2, -0.15) is 0 Å². The van der Waals surface area contributed by atoms with Crippen LogP contribution in [0.4, 0.5) is 0 Å². The molecule has 0 heterocycles. The van der Waals surface area contributed by atoms with E-state index in [9.17, 15) is 4.79 Å². The molecule has 0 rings (SSSR count). The van der Waals surface area contributed by atoms with Crippen molar-refractivity contribution in [3.05, 3.63) is 11.6 Å². The Kier molecular flexibility index (Phi) is 9.25. The van der Waals surface area contributed by atoms with Crippen molar-refractivity contribution < 1.29 is 4.79 Å². The van der Waals surface area contributed by atoms with Crippen LogP contribution >= 0.6 is 0 Å². The molecule has 0 unspecified atom stereocenters. The van der Waals surface area contributed by atoms with Crippen LogP contribution in [0.1, 0.15) is 34.6 Å². The van der Waals surface area contributed by atoms with Crippen LogP contribution in [0.3, 0.4) is 0 Å². The third-order valence-corrected chi connectivity index (χ3v) is 0.492. The summed E-state index contributed by atoms with van der Waals surface area (Å²) in [4.78, 5) is 10.2. The molecule has 1 heteroatoms. The monoisotopic (exact) mass is 128 g/mol. The molecule has 0 N–H and O–H groups in total. The molecule has 0 bridgehead atoms. The standard InChI is InChI=1S/C6H10O.C2H6/c1-5(2)4-6(3)7;1-2/h4H,1-3H3;1-2H3. The van der Waals surface area contributed by atoms with Crippen molar-refractivity contribution in [1.82, 2.24) is 0 Å². The molecule has 0 spiro atoms. The number of hydrogen-bond acceptors (Lipinski definition) is 1. The Morgan fingerprint density at radius 2 is 1.44 bits per heavy atom. The molecule has 0 saturated heterocycles. The first-order chi connectivity index (χ1) is 4.13. The summed E-state index contributed by atoms with van der Waals surface area (Å²) in [6.45, 7) is 9.36. The fraction of sp³-hybridized carbons (Fsp3) is 0.625. The third-order valence-electron chi connectivity index (χ3n) is 0.492. The second kappa shape index (κ2) is 7.41. The minimum absolute atomic E-state index is 0.125. The van der Waals surface area contributed by atoms with E-state index >= 15 is 0 Å². The maximum atomic E-state index is 10.2. The van der Waals surface area contributed by atoms with Gasteiger partial charge in [-0.25, -0.2) is 0 Å². The number of carbonyl (C=O) groups excluding carboxylic acids is 1. The second-order valence-electron chi connectivity index (χ2n) is 1.83. The normalized spacial score (nSPS) is 6.78. The Hall–Kier alpha value is -0.590. The maximum absolute atomic E-state index is 10.2. The molecular formula is C8H16O. The van der Waals surface area contributed by atoms with Gasteiger partial charge in [-0.15, -0.1) is 0 Å². The lowest BCUT2D eigenvalue weighted by Gasteiger charge is -1.80. The molecule has 0 aromatic rings. The molecule has 0 aliphatic carbocycles. The van der Waals surface area contributed by atoms with Crippen LogP contribution in [-0.4, -0.2) is 5.78 Å². The minimum atomic E-state index is 0.125. The Labute approximate surface area is 57.8 Å². The summed E-state index contributed by atoms with van der Waals surface area (Å²) in [7, 11) is 0. The molecule has 0 saturated carbocycles. The van der Waals surface area contributed by atoms with E-state index in [4.69, 9.17) is 0 Å². The Morgan fingerprint density at radius 3 is 1.44 bits per heavy atom. The van der Waals surface area contributed by atoms with Crippen LogP contribution in [-0.2, 0) is 4.79 Å². The number of carbonyl (C=O) groups is 1. The van der Waals surface area contributed by atoms with Crippen LogP contribution in [0.25, 0.3) is 0 Å². The molecule has 0 radical (unpaired) electrons. The lowest BCUT2D eigenvalue weighted by Crippen LogP contribution is -1.80. The summed E-state index contributed by atoms with van der Waals surface area (Å²) in [6.07, 6.45) is 1.61. The van der Waals surface area contributed by atoms with Crippen molar-refractivity contribution in [2.24, 2.45) is 0 Å². The Bertz CT molecular complexity index is 97.1. The van der Waals surface area contributed by atoms with Crippen LogP contribution in [0.15, 0.2) is 11.6 Å². The average molecular weight is 128 g/mol. The summed E-state index contributed by atoms with van der Waals surface area (Å²) in [5.74, 6) is 0.125. The van der Waals surface area contributed by atoms with Gasteiger partial charge in [0.2, 0.25) is 0 Å². The molecule has 54 valence electrons. The zero-order valence-electron chi connectivity index (χ0n) is 6.99. The van der Waals surface area contributed by atoms with Gasteiger partial charge in [0.05, 0.1) is 0 Å². The van der Waals surface area contributed by atoms with E-state index < -0.39 is 0 Å². The van der Waals surface area contributed by atoms with Crippen LogP contribution < -0.4 is 0 Å². The number of allylic oxidation sites excluding steroid dienone is 2. The Balaban J connectivity index is 0. The van der Waals surface area contributed by atoms with Crippen molar-refractivity contribution in [1.29, 1.82) is 0 Å². The number of ketones is 1. The van der Waals surface area contributed by atoms with Gasteiger partial charge in [-0.1, -0.05) is 19.4 Å². The van der Waals surface area contributed by atoms with Crippen molar-refractivity contribution in [3.8, 4) is 0 Å². The van der Waals surface area contributed by atoms with Gasteiger partial charge < -0.3 is 0 Å². The van der Waals surface area contributed by atoms with E-state index in [0.29, 0.717) is 0 Å². The predicted octanol–water partition coefficient (Wildman–Crippen LogP) is 2.57. The van der Waals surface area contributed by atoms with Crippen LogP contribution in [0, 0.1) is 0 Å². The maximum Gasteiger partial charge on any atom is 0.152 e. The number of hydrogen-bond donors (Lipinski definition) is 0. The van der Waals surface area contributed by atoms with Gasteiger partial charge in [0.15, 0.2) is 5.78 Å². The van der Waals surface area contributed by atoms with Crippen molar-refractivity contribution in [2.75, 3.05) is 0 Å². The molecular weight excluding hydrogens is 112 g/mol. The van der Waals surface area contributed by atoms with Crippen LogP contribution in [0.2, 0.25) is 0 Å². The molecule has 0 aliphatic rings. The highest BCUT2D eigenvalue weighted by Crippen LogP contribution is 1.86.